The zero-order valence-electron chi connectivity index (χ0n) is 13.1. The van der Waals surface area contributed by atoms with Gasteiger partial charge in [0.1, 0.15) is 5.75 Å². The number of benzene rings is 1. The van der Waals surface area contributed by atoms with Crippen LogP contribution in [0, 0.1) is 5.92 Å². The first-order valence-corrected chi connectivity index (χ1v) is 7.36. The van der Waals surface area contributed by atoms with E-state index in [1.807, 2.05) is 18.2 Å². The first-order chi connectivity index (χ1) is 9.90. The van der Waals surface area contributed by atoms with Gasteiger partial charge in [-0.2, -0.15) is 0 Å². The standard InChI is InChI=1S/C16H25N3O2/c1-16(2,17)15(20)18-10-12-7-8-19(11-12)13-5-4-6-14(9-13)21-3/h4-6,9,12H,7-8,10-11,17H2,1-3H3,(H,18,20). The Balaban J connectivity index is 1.87. The number of nitrogens with zero attached hydrogens (tertiary/aromatic N) is 1. The Labute approximate surface area is 126 Å². The van der Waals surface area contributed by atoms with Crippen molar-refractivity contribution in [2.45, 2.75) is 25.8 Å². The van der Waals surface area contributed by atoms with Gasteiger partial charge in [0.25, 0.3) is 0 Å². The smallest absolute Gasteiger partial charge is 0.239 e. The number of anilines is 1. The van der Waals surface area contributed by atoms with Crippen LogP contribution in [0.3, 0.4) is 0 Å². The number of nitrogens with two attached hydrogens (primary N) is 1. The zero-order valence-corrected chi connectivity index (χ0v) is 13.1. The highest BCUT2D eigenvalue weighted by Gasteiger charge is 2.26. The molecule has 1 aromatic carbocycles. The normalized spacial score (nSPS) is 18.7. The highest BCUT2D eigenvalue weighted by atomic mass is 16.5. The van der Waals surface area contributed by atoms with E-state index in [-0.39, 0.29) is 5.91 Å². The van der Waals surface area contributed by atoms with Crippen molar-refractivity contribution in [1.29, 1.82) is 0 Å². The Hall–Kier alpha value is -1.75. The maximum atomic E-state index is 11.8. The number of methoxy groups -OCH3 is 1. The van der Waals surface area contributed by atoms with Crippen LogP contribution in [-0.2, 0) is 4.79 Å². The van der Waals surface area contributed by atoms with E-state index in [9.17, 15) is 4.79 Å². The van der Waals surface area contributed by atoms with Gasteiger partial charge in [0, 0.05) is 31.4 Å². The van der Waals surface area contributed by atoms with Crippen LogP contribution >= 0.6 is 0 Å². The van der Waals surface area contributed by atoms with E-state index in [1.54, 1.807) is 21.0 Å². The summed E-state index contributed by atoms with van der Waals surface area (Å²) in [6, 6.07) is 8.08. The summed E-state index contributed by atoms with van der Waals surface area (Å²) < 4.78 is 5.26. The lowest BCUT2D eigenvalue weighted by molar-refractivity contribution is -0.125. The van der Waals surface area contributed by atoms with Crippen LogP contribution in [0.15, 0.2) is 24.3 Å². The van der Waals surface area contributed by atoms with Crippen molar-refractivity contribution in [2.24, 2.45) is 11.7 Å². The topological polar surface area (TPSA) is 67.6 Å². The minimum absolute atomic E-state index is 0.0951. The lowest BCUT2D eigenvalue weighted by atomic mass is 10.1. The number of amides is 1. The molecule has 2 rings (SSSR count). The summed E-state index contributed by atoms with van der Waals surface area (Å²) in [5.74, 6) is 1.24. The predicted octanol–water partition coefficient (Wildman–Crippen LogP) is 1.37. The molecule has 1 unspecified atom stereocenters. The van der Waals surface area contributed by atoms with E-state index >= 15 is 0 Å². The molecule has 0 aliphatic carbocycles. The number of carbonyl (C=O) groups is 1. The Morgan fingerprint density at radius 2 is 2.29 bits per heavy atom. The molecule has 0 saturated carbocycles. The van der Waals surface area contributed by atoms with Gasteiger partial charge in [-0.25, -0.2) is 0 Å². The summed E-state index contributed by atoms with van der Waals surface area (Å²) in [4.78, 5) is 14.1. The summed E-state index contributed by atoms with van der Waals surface area (Å²) in [7, 11) is 1.68. The molecule has 1 amide bonds. The zero-order chi connectivity index (χ0) is 15.5. The highest BCUT2D eigenvalue weighted by molar-refractivity contribution is 5.85. The SMILES string of the molecule is COc1cccc(N2CCC(CNC(=O)C(C)(C)N)C2)c1. The molecule has 5 heteroatoms. The summed E-state index contributed by atoms with van der Waals surface area (Å²) in [6.07, 6.45) is 1.07. The molecule has 21 heavy (non-hydrogen) atoms. The predicted molar refractivity (Wildman–Crippen MR) is 84.6 cm³/mol. The van der Waals surface area contributed by atoms with Gasteiger partial charge in [-0.05, 0) is 38.3 Å². The van der Waals surface area contributed by atoms with Gasteiger partial charge in [-0.1, -0.05) is 6.07 Å². The molecule has 116 valence electrons. The monoisotopic (exact) mass is 291 g/mol. The number of rotatable bonds is 5. The average Bonchev–Trinajstić information content (AvgIpc) is 2.92. The number of hydrogen-bond acceptors (Lipinski definition) is 4. The van der Waals surface area contributed by atoms with Crippen molar-refractivity contribution in [2.75, 3.05) is 31.6 Å². The first kappa shape index (κ1) is 15.6. The molecule has 1 fully saturated rings. The van der Waals surface area contributed by atoms with Crippen LogP contribution in [0.25, 0.3) is 0 Å². The van der Waals surface area contributed by atoms with Crippen molar-refractivity contribution < 1.29 is 9.53 Å². The van der Waals surface area contributed by atoms with Crippen LogP contribution in [0.2, 0.25) is 0 Å². The summed E-state index contributed by atoms with van der Waals surface area (Å²) >= 11 is 0. The fourth-order valence-corrected chi connectivity index (χ4v) is 2.51. The molecule has 0 aromatic heterocycles. The highest BCUT2D eigenvalue weighted by Crippen LogP contribution is 2.26. The summed E-state index contributed by atoms with van der Waals surface area (Å²) in [6.45, 7) is 6.07. The lowest BCUT2D eigenvalue weighted by Gasteiger charge is -2.21. The molecule has 1 saturated heterocycles. The second kappa shape index (κ2) is 6.35. The van der Waals surface area contributed by atoms with Crippen molar-refractivity contribution >= 4 is 11.6 Å². The van der Waals surface area contributed by atoms with Gasteiger partial charge in [0.15, 0.2) is 0 Å². The van der Waals surface area contributed by atoms with E-state index in [0.29, 0.717) is 12.5 Å². The Kier molecular flexibility index (Phi) is 4.73. The molecule has 0 radical (unpaired) electrons. The molecule has 1 aliphatic heterocycles. The van der Waals surface area contributed by atoms with E-state index in [2.05, 4.69) is 16.3 Å². The molecular formula is C16H25N3O2. The summed E-state index contributed by atoms with van der Waals surface area (Å²) in [5, 5.41) is 2.94. The van der Waals surface area contributed by atoms with Crippen LogP contribution < -0.4 is 20.7 Å². The van der Waals surface area contributed by atoms with E-state index in [1.165, 1.54) is 5.69 Å². The van der Waals surface area contributed by atoms with Crippen LogP contribution in [0.1, 0.15) is 20.3 Å². The third-order valence-electron chi connectivity index (χ3n) is 3.84. The molecule has 1 aliphatic rings. The second-order valence-corrected chi connectivity index (χ2v) is 6.23. The van der Waals surface area contributed by atoms with Crippen LogP contribution in [-0.4, -0.2) is 38.2 Å². The van der Waals surface area contributed by atoms with Crippen molar-refractivity contribution in [3.63, 3.8) is 0 Å². The van der Waals surface area contributed by atoms with Crippen molar-refractivity contribution in [1.82, 2.24) is 5.32 Å². The maximum Gasteiger partial charge on any atom is 0.239 e. The molecule has 0 bridgehead atoms. The number of carbonyl (C=O) groups excluding carboxylic acids is 1. The van der Waals surface area contributed by atoms with Gasteiger partial charge in [-0.3, -0.25) is 4.79 Å². The van der Waals surface area contributed by atoms with E-state index in [4.69, 9.17) is 10.5 Å². The van der Waals surface area contributed by atoms with Gasteiger partial charge in [0.05, 0.1) is 12.6 Å². The number of nitrogens with one attached hydrogen (secondary N) is 1. The van der Waals surface area contributed by atoms with Crippen LogP contribution in [0.5, 0.6) is 5.75 Å². The van der Waals surface area contributed by atoms with Gasteiger partial charge < -0.3 is 20.7 Å². The number of hydrogen-bond donors (Lipinski definition) is 2. The van der Waals surface area contributed by atoms with Gasteiger partial charge in [-0.15, -0.1) is 0 Å². The Bertz CT molecular complexity index is 497. The molecule has 0 spiro atoms. The average molecular weight is 291 g/mol. The quantitative estimate of drug-likeness (QED) is 0.860. The number of ether oxygens (including phenoxy) is 1. The minimum Gasteiger partial charge on any atom is -0.497 e. The Morgan fingerprint density at radius 1 is 1.52 bits per heavy atom. The molecule has 1 aromatic rings. The third kappa shape index (κ3) is 4.11. The summed E-state index contributed by atoms with van der Waals surface area (Å²) in [5.41, 5.74) is 6.13. The Morgan fingerprint density at radius 3 is 2.95 bits per heavy atom. The molecular weight excluding hydrogens is 266 g/mol. The van der Waals surface area contributed by atoms with Crippen molar-refractivity contribution in [3.05, 3.63) is 24.3 Å². The van der Waals surface area contributed by atoms with E-state index < -0.39 is 5.54 Å². The largest absolute Gasteiger partial charge is 0.497 e. The van der Waals surface area contributed by atoms with Gasteiger partial charge >= 0.3 is 0 Å². The maximum absolute atomic E-state index is 11.8. The molecule has 1 heterocycles. The van der Waals surface area contributed by atoms with Crippen molar-refractivity contribution in [3.8, 4) is 5.75 Å². The minimum atomic E-state index is -0.814. The second-order valence-electron chi connectivity index (χ2n) is 6.23. The first-order valence-electron chi connectivity index (χ1n) is 7.36. The fourth-order valence-electron chi connectivity index (χ4n) is 2.51. The molecule has 3 N–H and O–H groups in total. The van der Waals surface area contributed by atoms with E-state index in [0.717, 1.165) is 25.3 Å². The fraction of sp³-hybridized carbons (Fsp3) is 0.562. The lowest BCUT2D eigenvalue weighted by Crippen LogP contribution is -2.50. The van der Waals surface area contributed by atoms with Crippen LogP contribution in [0.4, 0.5) is 5.69 Å². The van der Waals surface area contributed by atoms with Gasteiger partial charge in [0.2, 0.25) is 5.91 Å². The third-order valence-corrected chi connectivity index (χ3v) is 3.84. The molecule has 1 atom stereocenters. The molecule has 5 nitrogen and oxygen atoms in total.